The SMILES string of the molecule is COC(=O)[C@H](O)CN(N)Cc1ccc(-c2cc(Cl)ccc2F)cc1. The number of nitrogens with zero attached hydrogens (tertiary/aromatic N) is 1. The lowest BCUT2D eigenvalue weighted by Crippen LogP contribution is -2.41. The van der Waals surface area contributed by atoms with Gasteiger partial charge in [-0.05, 0) is 29.3 Å². The monoisotopic (exact) mass is 352 g/mol. The topological polar surface area (TPSA) is 75.8 Å². The number of benzene rings is 2. The summed E-state index contributed by atoms with van der Waals surface area (Å²) in [5.74, 6) is 4.69. The van der Waals surface area contributed by atoms with Crippen LogP contribution >= 0.6 is 11.6 Å². The van der Waals surface area contributed by atoms with Gasteiger partial charge in [-0.3, -0.25) is 5.84 Å². The molecule has 0 aromatic heterocycles. The molecule has 0 aliphatic rings. The van der Waals surface area contributed by atoms with Crippen molar-refractivity contribution in [2.24, 2.45) is 5.84 Å². The van der Waals surface area contributed by atoms with Gasteiger partial charge in [0, 0.05) is 17.1 Å². The highest BCUT2D eigenvalue weighted by atomic mass is 35.5. The van der Waals surface area contributed by atoms with E-state index < -0.39 is 12.1 Å². The van der Waals surface area contributed by atoms with Crippen LogP contribution in [0.25, 0.3) is 11.1 Å². The summed E-state index contributed by atoms with van der Waals surface area (Å²) in [7, 11) is 1.19. The van der Waals surface area contributed by atoms with E-state index >= 15 is 0 Å². The second kappa shape index (κ2) is 8.21. The summed E-state index contributed by atoms with van der Waals surface area (Å²) in [5.41, 5.74) is 1.96. The van der Waals surface area contributed by atoms with Crippen molar-refractivity contribution in [2.45, 2.75) is 12.6 Å². The van der Waals surface area contributed by atoms with Crippen molar-refractivity contribution in [3.63, 3.8) is 0 Å². The first-order chi connectivity index (χ1) is 11.4. The summed E-state index contributed by atoms with van der Waals surface area (Å²) in [6, 6.07) is 11.5. The molecule has 0 fully saturated rings. The molecule has 0 saturated heterocycles. The van der Waals surface area contributed by atoms with Crippen LogP contribution in [-0.2, 0) is 16.1 Å². The van der Waals surface area contributed by atoms with E-state index in [1.807, 2.05) is 0 Å². The fourth-order valence-electron chi connectivity index (χ4n) is 2.24. The zero-order chi connectivity index (χ0) is 17.7. The highest BCUT2D eigenvalue weighted by Crippen LogP contribution is 2.26. The minimum Gasteiger partial charge on any atom is -0.467 e. The normalized spacial score (nSPS) is 12.2. The lowest BCUT2D eigenvalue weighted by atomic mass is 10.0. The number of nitrogens with two attached hydrogens (primary N) is 1. The zero-order valence-electron chi connectivity index (χ0n) is 13.1. The molecule has 0 amide bonds. The first kappa shape index (κ1) is 18.4. The van der Waals surface area contributed by atoms with E-state index in [2.05, 4.69) is 4.74 Å². The Bertz CT molecular complexity index is 709. The second-order valence-electron chi connectivity index (χ2n) is 5.29. The molecule has 1 atom stereocenters. The molecule has 24 heavy (non-hydrogen) atoms. The van der Waals surface area contributed by atoms with Crippen molar-refractivity contribution in [3.8, 4) is 11.1 Å². The molecule has 128 valence electrons. The Morgan fingerprint density at radius 1 is 1.33 bits per heavy atom. The van der Waals surface area contributed by atoms with Gasteiger partial charge >= 0.3 is 5.97 Å². The fourth-order valence-corrected chi connectivity index (χ4v) is 2.41. The van der Waals surface area contributed by atoms with Crippen molar-refractivity contribution in [1.29, 1.82) is 0 Å². The number of esters is 1. The largest absolute Gasteiger partial charge is 0.467 e. The van der Waals surface area contributed by atoms with E-state index in [1.54, 1.807) is 30.3 Å². The molecular formula is C17H18ClFN2O3. The summed E-state index contributed by atoms with van der Waals surface area (Å²) in [6.45, 7) is 0.254. The van der Waals surface area contributed by atoms with E-state index in [0.29, 0.717) is 22.7 Å². The van der Waals surface area contributed by atoms with Gasteiger partial charge in [-0.15, -0.1) is 0 Å². The predicted molar refractivity (Wildman–Crippen MR) is 89.5 cm³/mol. The second-order valence-corrected chi connectivity index (χ2v) is 5.73. The molecule has 3 N–H and O–H groups in total. The smallest absolute Gasteiger partial charge is 0.336 e. The molecule has 0 saturated carbocycles. The molecule has 5 nitrogen and oxygen atoms in total. The Kier molecular flexibility index (Phi) is 6.28. The number of ether oxygens (including phenoxy) is 1. The Labute approximate surface area is 144 Å². The first-order valence-electron chi connectivity index (χ1n) is 7.20. The minimum absolute atomic E-state index is 0.0582. The molecule has 2 aromatic carbocycles. The molecule has 7 heteroatoms. The van der Waals surface area contributed by atoms with E-state index in [-0.39, 0.29) is 12.4 Å². The maximum atomic E-state index is 13.9. The van der Waals surface area contributed by atoms with Crippen LogP contribution < -0.4 is 5.84 Å². The number of rotatable bonds is 6. The number of carbonyl (C=O) groups is 1. The summed E-state index contributed by atoms with van der Waals surface area (Å²) in [5, 5.41) is 11.3. The Hall–Kier alpha value is -1.99. The Morgan fingerprint density at radius 2 is 2.00 bits per heavy atom. The third kappa shape index (κ3) is 4.75. The van der Waals surface area contributed by atoms with Crippen LogP contribution in [0.4, 0.5) is 4.39 Å². The minimum atomic E-state index is -1.31. The molecule has 0 spiro atoms. The average molecular weight is 353 g/mol. The molecule has 0 bridgehead atoms. The number of halogens is 2. The van der Waals surface area contributed by atoms with Gasteiger partial charge in [0.05, 0.1) is 13.7 Å². The van der Waals surface area contributed by atoms with Crippen LogP contribution in [0, 0.1) is 5.82 Å². The number of hydrogen-bond acceptors (Lipinski definition) is 5. The Balaban J connectivity index is 2.04. The average Bonchev–Trinajstić information content (AvgIpc) is 2.57. The molecule has 0 aliphatic heterocycles. The summed E-state index contributed by atoms with van der Waals surface area (Å²) in [4.78, 5) is 11.2. The molecule has 0 aliphatic carbocycles. The van der Waals surface area contributed by atoms with Gasteiger partial charge in [-0.25, -0.2) is 14.2 Å². The molecule has 0 unspecified atom stereocenters. The van der Waals surface area contributed by atoms with Gasteiger partial charge in [0.2, 0.25) is 0 Å². The molecule has 2 aromatic rings. The predicted octanol–water partition coefficient (Wildman–Crippen LogP) is 2.36. The summed E-state index contributed by atoms with van der Waals surface area (Å²) >= 11 is 5.90. The number of aliphatic hydroxyl groups excluding tert-OH is 1. The van der Waals surface area contributed by atoms with Gasteiger partial charge in [-0.1, -0.05) is 35.9 Å². The number of aliphatic hydroxyl groups is 1. The maximum Gasteiger partial charge on any atom is 0.336 e. The van der Waals surface area contributed by atoms with Crippen molar-refractivity contribution < 1.29 is 19.0 Å². The highest BCUT2D eigenvalue weighted by molar-refractivity contribution is 6.30. The third-order valence-electron chi connectivity index (χ3n) is 3.46. The lowest BCUT2D eigenvalue weighted by Gasteiger charge is -2.19. The van der Waals surface area contributed by atoms with Crippen LogP contribution in [0.2, 0.25) is 5.02 Å². The summed E-state index contributed by atoms with van der Waals surface area (Å²) in [6.07, 6.45) is -1.31. The van der Waals surface area contributed by atoms with Gasteiger partial charge < -0.3 is 9.84 Å². The number of methoxy groups -OCH3 is 1. The number of carbonyl (C=O) groups excluding carboxylic acids is 1. The molecule has 2 rings (SSSR count). The van der Waals surface area contributed by atoms with E-state index in [1.165, 1.54) is 24.3 Å². The number of hydrogen-bond donors (Lipinski definition) is 2. The zero-order valence-corrected chi connectivity index (χ0v) is 13.8. The maximum absolute atomic E-state index is 13.9. The van der Waals surface area contributed by atoms with Crippen molar-refractivity contribution >= 4 is 17.6 Å². The lowest BCUT2D eigenvalue weighted by molar-refractivity contribution is -0.151. The van der Waals surface area contributed by atoms with Gasteiger partial charge in [0.1, 0.15) is 5.82 Å². The quantitative estimate of drug-likeness (QED) is 0.474. The fraction of sp³-hybridized carbons (Fsp3) is 0.235. The van der Waals surface area contributed by atoms with E-state index in [9.17, 15) is 14.3 Å². The van der Waals surface area contributed by atoms with Crippen LogP contribution in [0.1, 0.15) is 5.56 Å². The highest BCUT2D eigenvalue weighted by Gasteiger charge is 2.18. The standard InChI is InChI=1S/C17H18ClFN2O3/c1-24-17(23)16(22)10-21(20)9-11-2-4-12(5-3-11)14-8-13(18)6-7-15(14)19/h2-8,16,22H,9-10,20H2,1H3/t16-/m1/s1. The van der Waals surface area contributed by atoms with Crippen molar-refractivity contribution in [3.05, 3.63) is 58.9 Å². The van der Waals surface area contributed by atoms with E-state index in [4.69, 9.17) is 17.4 Å². The van der Waals surface area contributed by atoms with E-state index in [0.717, 1.165) is 5.56 Å². The molecule has 0 radical (unpaired) electrons. The van der Waals surface area contributed by atoms with Gasteiger partial charge in [-0.2, -0.15) is 0 Å². The van der Waals surface area contributed by atoms with Crippen LogP contribution in [-0.4, -0.2) is 35.8 Å². The van der Waals surface area contributed by atoms with Gasteiger partial charge in [0.25, 0.3) is 0 Å². The van der Waals surface area contributed by atoms with Crippen LogP contribution in [0.15, 0.2) is 42.5 Å². The van der Waals surface area contributed by atoms with Crippen LogP contribution in [0.3, 0.4) is 0 Å². The number of hydrazine groups is 1. The van der Waals surface area contributed by atoms with Crippen LogP contribution in [0.5, 0.6) is 0 Å². The Morgan fingerprint density at radius 3 is 2.62 bits per heavy atom. The van der Waals surface area contributed by atoms with Crippen molar-refractivity contribution in [1.82, 2.24) is 5.01 Å². The summed E-state index contributed by atoms with van der Waals surface area (Å²) < 4.78 is 18.3. The van der Waals surface area contributed by atoms with Gasteiger partial charge in [0.15, 0.2) is 6.10 Å². The molecular weight excluding hydrogens is 335 g/mol. The third-order valence-corrected chi connectivity index (χ3v) is 3.69. The van der Waals surface area contributed by atoms with Crippen molar-refractivity contribution in [2.75, 3.05) is 13.7 Å². The first-order valence-corrected chi connectivity index (χ1v) is 7.58. The molecule has 0 heterocycles.